The second kappa shape index (κ2) is 7.67. The summed E-state index contributed by atoms with van der Waals surface area (Å²) in [5.74, 6) is 0.631. The molecule has 0 saturated carbocycles. The fraction of sp³-hybridized carbons (Fsp3) is 0.136. The normalized spacial score (nSPS) is 10.5. The van der Waals surface area contributed by atoms with Crippen LogP contribution in [0.3, 0.4) is 0 Å². The van der Waals surface area contributed by atoms with Gasteiger partial charge in [0.1, 0.15) is 5.75 Å². The first-order valence-corrected chi connectivity index (χ1v) is 8.22. The van der Waals surface area contributed by atoms with Crippen LogP contribution in [0.15, 0.2) is 84.9 Å². The maximum absolute atomic E-state index is 13.1. The van der Waals surface area contributed by atoms with Gasteiger partial charge in [-0.1, -0.05) is 66.7 Å². The lowest BCUT2D eigenvalue weighted by Gasteiger charge is -2.29. The molecule has 0 aliphatic carbocycles. The van der Waals surface area contributed by atoms with Gasteiger partial charge in [0.05, 0.1) is 13.2 Å². The smallest absolute Gasteiger partial charge is 0.254 e. The van der Waals surface area contributed by atoms with Gasteiger partial charge in [0.2, 0.25) is 0 Å². The molecule has 3 nitrogen and oxygen atoms in total. The zero-order valence-corrected chi connectivity index (χ0v) is 14.4. The van der Waals surface area contributed by atoms with Gasteiger partial charge in [0.25, 0.3) is 5.91 Å². The Morgan fingerprint density at radius 2 is 1.40 bits per heavy atom. The van der Waals surface area contributed by atoms with Crippen molar-refractivity contribution in [3.8, 4) is 5.75 Å². The lowest BCUT2D eigenvalue weighted by molar-refractivity contribution is 0.0754. The van der Waals surface area contributed by atoms with Crippen molar-refractivity contribution in [2.75, 3.05) is 14.2 Å². The van der Waals surface area contributed by atoms with Crippen LogP contribution in [0.5, 0.6) is 5.75 Å². The minimum Gasteiger partial charge on any atom is -0.497 e. The van der Waals surface area contributed by atoms with Gasteiger partial charge in [-0.15, -0.1) is 0 Å². The van der Waals surface area contributed by atoms with Crippen molar-refractivity contribution in [1.82, 2.24) is 4.90 Å². The predicted octanol–water partition coefficient (Wildman–Crippen LogP) is 4.56. The molecule has 0 radical (unpaired) electrons. The number of hydrogen-bond acceptors (Lipinski definition) is 2. The molecule has 3 aromatic rings. The van der Waals surface area contributed by atoms with Crippen LogP contribution in [0.25, 0.3) is 0 Å². The van der Waals surface area contributed by atoms with E-state index in [1.165, 1.54) is 0 Å². The number of rotatable bonds is 5. The molecule has 25 heavy (non-hydrogen) atoms. The van der Waals surface area contributed by atoms with Crippen molar-refractivity contribution in [2.24, 2.45) is 0 Å². The number of methoxy groups -OCH3 is 1. The van der Waals surface area contributed by atoms with Crippen LogP contribution in [0, 0.1) is 0 Å². The second-order valence-corrected chi connectivity index (χ2v) is 5.87. The zero-order chi connectivity index (χ0) is 17.6. The molecule has 3 rings (SSSR count). The minimum atomic E-state index is -0.152. The van der Waals surface area contributed by atoms with Crippen molar-refractivity contribution < 1.29 is 9.53 Å². The van der Waals surface area contributed by atoms with Gasteiger partial charge < -0.3 is 9.64 Å². The van der Waals surface area contributed by atoms with E-state index in [1.54, 1.807) is 18.1 Å². The first-order valence-electron chi connectivity index (χ1n) is 8.22. The Morgan fingerprint density at radius 3 is 1.92 bits per heavy atom. The van der Waals surface area contributed by atoms with Gasteiger partial charge in [0.15, 0.2) is 0 Å². The lowest BCUT2D eigenvalue weighted by Crippen LogP contribution is -2.32. The third kappa shape index (κ3) is 3.72. The van der Waals surface area contributed by atoms with E-state index in [1.807, 2.05) is 85.9 Å². The van der Waals surface area contributed by atoms with E-state index >= 15 is 0 Å². The maximum Gasteiger partial charge on any atom is 0.254 e. The molecule has 0 N–H and O–H groups in total. The Bertz CT molecular complexity index is 791. The van der Waals surface area contributed by atoms with E-state index in [9.17, 15) is 4.79 Å². The lowest BCUT2D eigenvalue weighted by atomic mass is 9.97. The molecule has 0 heterocycles. The molecule has 0 atom stereocenters. The molecule has 0 aliphatic heterocycles. The largest absolute Gasteiger partial charge is 0.497 e. The number of carbonyl (C=O) groups is 1. The summed E-state index contributed by atoms with van der Waals surface area (Å²) in [6, 6.07) is 27.2. The summed E-state index contributed by atoms with van der Waals surface area (Å²) in [4.78, 5) is 14.8. The quantitative estimate of drug-likeness (QED) is 0.686. The first kappa shape index (κ1) is 16.8. The highest BCUT2D eigenvalue weighted by Crippen LogP contribution is 2.29. The molecule has 0 bridgehead atoms. The Kier molecular flexibility index (Phi) is 5.14. The molecule has 0 saturated heterocycles. The molecule has 0 aromatic heterocycles. The van der Waals surface area contributed by atoms with E-state index in [4.69, 9.17) is 4.74 Å². The van der Waals surface area contributed by atoms with E-state index < -0.39 is 0 Å². The third-order valence-corrected chi connectivity index (χ3v) is 4.25. The van der Waals surface area contributed by atoms with Crippen molar-refractivity contribution >= 4 is 5.91 Å². The topological polar surface area (TPSA) is 29.5 Å². The molecular formula is C22H21NO2. The zero-order valence-electron chi connectivity index (χ0n) is 14.4. The predicted molar refractivity (Wildman–Crippen MR) is 99.8 cm³/mol. The van der Waals surface area contributed by atoms with Gasteiger partial charge in [0, 0.05) is 12.6 Å². The van der Waals surface area contributed by atoms with Crippen LogP contribution < -0.4 is 4.74 Å². The standard InChI is InChI=1S/C22H21NO2/c1-23(22(24)19-14-9-15-20(16-19)25-2)21(17-10-5-3-6-11-17)18-12-7-4-8-13-18/h3-16,21H,1-2H3. The average molecular weight is 331 g/mol. The van der Waals surface area contributed by atoms with Gasteiger partial charge >= 0.3 is 0 Å². The van der Waals surface area contributed by atoms with E-state index in [2.05, 4.69) is 0 Å². The fourth-order valence-electron chi connectivity index (χ4n) is 2.99. The molecular weight excluding hydrogens is 310 g/mol. The van der Waals surface area contributed by atoms with Crippen molar-refractivity contribution in [2.45, 2.75) is 6.04 Å². The maximum atomic E-state index is 13.1. The van der Waals surface area contributed by atoms with E-state index in [-0.39, 0.29) is 11.9 Å². The minimum absolute atomic E-state index is 0.0448. The summed E-state index contributed by atoms with van der Waals surface area (Å²) in [5.41, 5.74) is 2.76. The summed E-state index contributed by atoms with van der Waals surface area (Å²) >= 11 is 0. The highest BCUT2D eigenvalue weighted by Gasteiger charge is 2.24. The van der Waals surface area contributed by atoms with Crippen LogP contribution in [-0.2, 0) is 0 Å². The third-order valence-electron chi connectivity index (χ3n) is 4.25. The Balaban J connectivity index is 1.99. The van der Waals surface area contributed by atoms with Gasteiger partial charge in [-0.3, -0.25) is 4.79 Å². The highest BCUT2D eigenvalue weighted by molar-refractivity contribution is 5.95. The SMILES string of the molecule is COc1cccc(C(=O)N(C)C(c2ccccc2)c2ccccc2)c1. The summed E-state index contributed by atoms with van der Waals surface area (Å²) in [6.07, 6.45) is 0. The number of nitrogens with zero attached hydrogens (tertiary/aromatic N) is 1. The molecule has 3 aromatic carbocycles. The van der Waals surface area contributed by atoms with Crippen LogP contribution >= 0.6 is 0 Å². The molecule has 0 unspecified atom stereocenters. The number of carbonyl (C=O) groups excluding carboxylic acids is 1. The Morgan fingerprint density at radius 1 is 0.840 bits per heavy atom. The second-order valence-electron chi connectivity index (χ2n) is 5.87. The van der Waals surface area contributed by atoms with Crippen LogP contribution in [-0.4, -0.2) is 25.0 Å². The number of hydrogen-bond donors (Lipinski definition) is 0. The average Bonchev–Trinajstić information content (AvgIpc) is 2.69. The number of amides is 1. The number of ether oxygens (including phenoxy) is 1. The van der Waals surface area contributed by atoms with Crippen LogP contribution in [0.1, 0.15) is 27.5 Å². The molecule has 1 amide bonds. The first-order chi connectivity index (χ1) is 12.2. The van der Waals surface area contributed by atoms with Crippen LogP contribution in [0.4, 0.5) is 0 Å². The van der Waals surface area contributed by atoms with Crippen LogP contribution in [0.2, 0.25) is 0 Å². The Labute approximate surface area is 148 Å². The van der Waals surface area contributed by atoms with Crippen molar-refractivity contribution in [1.29, 1.82) is 0 Å². The monoisotopic (exact) mass is 331 g/mol. The van der Waals surface area contributed by atoms with Gasteiger partial charge in [-0.25, -0.2) is 0 Å². The summed E-state index contributed by atoms with van der Waals surface area (Å²) in [5, 5.41) is 0. The summed E-state index contributed by atoms with van der Waals surface area (Å²) < 4.78 is 5.24. The molecule has 0 fully saturated rings. The Hall–Kier alpha value is -3.07. The van der Waals surface area contributed by atoms with Crippen molar-refractivity contribution in [3.05, 3.63) is 102 Å². The van der Waals surface area contributed by atoms with Gasteiger partial charge in [-0.05, 0) is 29.3 Å². The fourth-order valence-corrected chi connectivity index (χ4v) is 2.99. The molecule has 0 aliphatic rings. The summed E-state index contributed by atoms with van der Waals surface area (Å²) in [7, 11) is 3.44. The van der Waals surface area contributed by atoms with Crippen molar-refractivity contribution in [3.63, 3.8) is 0 Å². The molecule has 0 spiro atoms. The number of benzene rings is 3. The summed E-state index contributed by atoms with van der Waals surface area (Å²) in [6.45, 7) is 0. The van der Waals surface area contributed by atoms with Gasteiger partial charge in [-0.2, -0.15) is 0 Å². The van der Waals surface area contributed by atoms with E-state index in [0.717, 1.165) is 11.1 Å². The molecule has 126 valence electrons. The van der Waals surface area contributed by atoms with E-state index in [0.29, 0.717) is 11.3 Å². The highest BCUT2D eigenvalue weighted by atomic mass is 16.5. The molecule has 3 heteroatoms.